The van der Waals surface area contributed by atoms with Crippen molar-refractivity contribution in [1.29, 1.82) is 0 Å². The van der Waals surface area contributed by atoms with Crippen molar-refractivity contribution < 1.29 is 4.84 Å². The summed E-state index contributed by atoms with van der Waals surface area (Å²) in [7, 11) is 0. The van der Waals surface area contributed by atoms with Gasteiger partial charge < -0.3 is 4.84 Å². The minimum absolute atomic E-state index is 0.515. The SMILES string of the molecule is c1csc(CON=C2CCC2)n1. The molecule has 0 aliphatic heterocycles. The van der Waals surface area contributed by atoms with E-state index in [1.165, 1.54) is 12.1 Å². The van der Waals surface area contributed by atoms with Crippen LogP contribution in [-0.2, 0) is 11.4 Å². The Labute approximate surface area is 75.1 Å². The number of thiazole rings is 1. The lowest BCUT2D eigenvalue weighted by Gasteiger charge is -2.12. The molecule has 0 N–H and O–H groups in total. The summed E-state index contributed by atoms with van der Waals surface area (Å²) < 4.78 is 0. The Morgan fingerprint density at radius 1 is 1.58 bits per heavy atom. The van der Waals surface area contributed by atoms with Crippen LogP contribution in [0.5, 0.6) is 0 Å². The van der Waals surface area contributed by atoms with E-state index in [0.29, 0.717) is 6.61 Å². The molecule has 0 aromatic carbocycles. The minimum Gasteiger partial charge on any atom is -0.388 e. The lowest BCUT2D eigenvalue weighted by molar-refractivity contribution is 0.127. The van der Waals surface area contributed by atoms with Crippen LogP contribution in [0.4, 0.5) is 0 Å². The standard InChI is InChI=1S/C8H10N2OS/c1-2-7(3-1)10-11-6-8-9-4-5-12-8/h4-5H,1-3,6H2. The Morgan fingerprint density at radius 3 is 3.08 bits per heavy atom. The van der Waals surface area contributed by atoms with E-state index in [-0.39, 0.29) is 0 Å². The van der Waals surface area contributed by atoms with E-state index in [1.807, 2.05) is 5.38 Å². The van der Waals surface area contributed by atoms with Crippen molar-refractivity contribution in [3.05, 3.63) is 16.6 Å². The fourth-order valence-corrected chi connectivity index (χ4v) is 1.45. The van der Waals surface area contributed by atoms with Crippen LogP contribution in [0.15, 0.2) is 16.7 Å². The first kappa shape index (κ1) is 7.73. The number of nitrogens with zero attached hydrogens (tertiary/aromatic N) is 2. The van der Waals surface area contributed by atoms with Gasteiger partial charge in [-0.1, -0.05) is 5.16 Å². The lowest BCUT2D eigenvalue weighted by Crippen LogP contribution is -2.09. The van der Waals surface area contributed by atoms with Crippen LogP contribution >= 0.6 is 11.3 Å². The van der Waals surface area contributed by atoms with E-state index in [2.05, 4.69) is 10.1 Å². The van der Waals surface area contributed by atoms with Crippen molar-refractivity contribution in [2.24, 2.45) is 5.16 Å². The van der Waals surface area contributed by atoms with Gasteiger partial charge in [0.15, 0.2) is 6.61 Å². The number of rotatable bonds is 3. The molecular formula is C8H10N2OS. The van der Waals surface area contributed by atoms with Gasteiger partial charge >= 0.3 is 0 Å². The molecular weight excluding hydrogens is 172 g/mol. The molecule has 0 saturated heterocycles. The van der Waals surface area contributed by atoms with Gasteiger partial charge in [-0.25, -0.2) is 4.98 Å². The molecule has 0 spiro atoms. The molecule has 0 radical (unpaired) electrons. The van der Waals surface area contributed by atoms with Crippen molar-refractivity contribution in [2.75, 3.05) is 0 Å². The average molecular weight is 182 g/mol. The molecule has 0 unspecified atom stereocenters. The highest BCUT2D eigenvalue weighted by Crippen LogP contribution is 2.15. The monoisotopic (exact) mass is 182 g/mol. The van der Waals surface area contributed by atoms with Gasteiger partial charge in [-0.2, -0.15) is 0 Å². The van der Waals surface area contributed by atoms with E-state index >= 15 is 0 Å². The maximum atomic E-state index is 5.12. The summed E-state index contributed by atoms with van der Waals surface area (Å²) in [6, 6.07) is 0. The number of oxime groups is 1. The molecule has 1 saturated carbocycles. The molecule has 64 valence electrons. The van der Waals surface area contributed by atoms with E-state index < -0.39 is 0 Å². The summed E-state index contributed by atoms with van der Waals surface area (Å²) in [5.74, 6) is 0. The average Bonchev–Trinajstić information content (AvgIpc) is 2.46. The van der Waals surface area contributed by atoms with Crippen molar-refractivity contribution in [1.82, 2.24) is 4.98 Å². The maximum Gasteiger partial charge on any atom is 0.168 e. The first-order chi connectivity index (χ1) is 5.95. The molecule has 1 fully saturated rings. The predicted octanol–water partition coefficient (Wildman–Crippen LogP) is 2.20. The number of hydrogen-bond acceptors (Lipinski definition) is 4. The quantitative estimate of drug-likeness (QED) is 0.671. The molecule has 4 heteroatoms. The lowest BCUT2D eigenvalue weighted by atomic mass is 9.98. The summed E-state index contributed by atoms with van der Waals surface area (Å²) in [5, 5.41) is 6.91. The molecule has 0 atom stereocenters. The minimum atomic E-state index is 0.515. The molecule has 1 aliphatic carbocycles. The molecule has 1 aromatic heterocycles. The summed E-state index contributed by atoms with van der Waals surface area (Å²) in [5.41, 5.74) is 1.19. The Balaban J connectivity index is 1.75. The molecule has 0 amide bonds. The summed E-state index contributed by atoms with van der Waals surface area (Å²) in [6.45, 7) is 0.515. The molecule has 2 rings (SSSR count). The van der Waals surface area contributed by atoms with Crippen LogP contribution in [0.25, 0.3) is 0 Å². The van der Waals surface area contributed by atoms with Crippen LogP contribution < -0.4 is 0 Å². The van der Waals surface area contributed by atoms with Gasteiger partial charge in [0, 0.05) is 11.6 Å². The third-order valence-corrected chi connectivity index (χ3v) is 2.55. The van der Waals surface area contributed by atoms with Gasteiger partial charge in [-0.05, 0) is 19.3 Å². The smallest absolute Gasteiger partial charge is 0.168 e. The molecule has 1 aliphatic rings. The Morgan fingerprint density at radius 2 is 2.50 bits per heavy atom. The van der Waals surface area contributed by atoms with Crippen LogP contribution in [0, 0.1) is 0 Å². The van der Waals surface area contributed by atoms with E-state index in [1.54, 1.807) is 17.5 Å². The van der Waals surface area contributed by atoms with E-state index in [9.17, 15) is 0 Å². The molecule has 1 aromatic rings. The van der Waals surface area contributed by atoms with Gasteiger partial charge in [0.25, 0.3) is 0 Å². The molecule has 1 heterocycles. The van der Waals surface area contributed by atoms with Gasteiger partial charge in [0.1, 0.15) is 5.01 Å². The van der Waals surface area contributed by atoms with Crippen molar-refractivity contribution in [2.45, 2.75) is 25.9 Å². The zero-order valence-corrected chi connectivity index (χ0v) is 7.51. The molecule has 3 nitrogen and oxygen atoms in total. The summed E-state index contributed by atoms with van der Waals surface area (Å²) in [4.78, 5) is 9.20. The third kappa shape index (κ3) is 1.82. The maximum absolute atomic E-state index is 5.12. The second kappa shape index (κ2) is 3.67. The first-order valence-electron chi connectivity index (χ1n) is 4.01. The Kier molecular flexibility index (Phi) is 2.36. The van der Waals surface area contributed by atoms with Gasteiger partial charge in [-0.3, -0.25) is 0 Å². The van der Waals surface area contributed by atoms with Crippen LogP contribution in [-0.4, -0.2) is 10.7 Å². The van der Waals surface area contributed by atoms with Crippen LogP contribution in [0.1, 0.15) is 24.3 Å². The largest absolute Gasteiger partial charge is 0.388 e. The van der Waals surface area contributed by atoms with Gasteiger partial charge in [0.05, 0.1) is 5.71 Å². The Hall–Kier alpha value is -0.900. The van der Waals surface area contributed by atoms with E-state index in [0.717, 1.165) is 17.8 Å². The Bertz CT molecular complexity index is 263. The van der Waals surface area contributed by atoms with Crippen LogP contribution in [0.3, 0.4) is 0 Å². The van der Waals surface area contributed by atoms with E-state index in [4.69, 9.17) is 4.84 Å². The predicted molar refractivity (Wildman–Crippen MR) is 48.2 cm³/mol. The zero-order chi connectivity index (χ0) is 8.23. The normalized spacial score (nSPS) is 15.5. The second-order valence-corrected chi connectivity index (χ2v) is 3.69. The topological polar surface area (TPSA) is 34.5 Å². The highest BCUT2D eigenvalue weighted by molar-refractivity contribution is 7.09. The summed E-state index contributed by atoms with van der Waals surface area (Å²) in [6.07, 6.45) is 5.26. The number of hydrogen-bond donors (Lipinski definition) is 0. The first-order valence-corrected chi connectivity index (χ1v) is 4.89. The van der Waals surface area contributed by atoms with Crippen molar-refractivity contribution in [3.63, 3.8) is 0 Å². The second-order valence-electron chi connectivity index (χ2n) is 2.71. The van der Waals surface area contributed by atoms with Crippen LogP contribution in [0.2, 0.25) is 0 Å². The molecule has 12 heavy (non-hydrogen) atoms. The van der Waals surface area contributed by atoms with Crippen molar-refractivity contribution >= 4 is 17.0 Å². The highest BCUT2D eigenvalue weighted by Gasteiger charge is 2.10. The summed E-state index contributed by atoms with van der Waals surface area (Å²) >= 11 is 1.59. The fourth-order valence-electron chi connectivity index (χ4n) is 0.929. The highest BCUT2D eigenvalue weighted by atomic mass is 32.1. The number of aromatic nitrogens is 1. The molecule has 0 bridgehead atoms. The van der Waals surface area contributed by atoms with Crippen molar-refractivity contribution in [3.8, 4) is 0 Å². The van der Waals surface area contributed by atoms with Gasteiger partial charge in [-0.15, -0.1) is 11.3 Å². The zero-order valence-electron chi connectivity index (χ0n) is 6.69. The fraction of sp³-hybridized carbons (Fsp3) is 0.500. The van der Waals surface area contributed by atoms with Gasteiger partial charge in [0.2, 0.25) is 0 Å². The third-order valence-electron chi connectivity index (χ3n) is 1.80.